The molecule has 0 saturated carbocycles. The number of nitriles is 1. The molecule has 0 atom stereocenters. The molecule has 0 aliphatic rings. The van der Waals surface area contributed by atoms with Gasteiger partial charge < -0.3 is 21.7 Å². The molecule has 0 saturated heterocycles. The highest BCUT2D eigenvalue weighted by molar-refractivity contribution is 7.99. The number of nitrogen functional groups attached to an aromatic ring is 2. The molecule has 22 heavy (non-hydrogen) atoms. The minimum atomic E-state index is -1.04. The summed E-state index contributed by atoms with van der Waals surface area (Å²) in [6, 6.07) is 8.17. The lowest BCUT2D eigenvalue weighted by atomic mass is 10.00. The Kier molecular flexibility index (Phi) is 4.39. The molecule has 1 aromatic carbocycles. The number of benzene rings is 1. The summed E-state index contributed by atoms with van der Waals surface area (Å²) in [4.78, 5) is 14.7. The summed E-state index contributed by atoms with van der Waals surface area (Å²) in [5, 5.41) is 27.9. The van der Waals surface area contributed by atoms with Gasteiger partial charge in [0.25, 0.3) is 0 Å². The van der Waals surface area contributed by atoms with E-state index in [1.165, 1.54) is 12.1 Å². The lowest BCUT2D eigenvalue weighted by Crippen LogP contribution is -2.06. The van der Waals surface area contributed by atoms with Crippen molar-refractivity contribution in [2.75, 3.05) is 17.2 Å². The molecule has 7 nitrogen and oxygen atoms in total. The lowest BCUT2D eigenvalue weighted by Gasteiger charge is -2.13. The zero-order valence-corrected chi connectivity index (χ0v) is 12.1. The first-order valence-electron chi connectivity index (χ1n) is 6.07. The molecule has 2 aromatic rings. The molecule has 0 radical (unpaired) electrons. The zero-order chi connectivity index (χ0) is 16.3. The van der Waals surface area contributed by atoms with Gasteiger partial charge in [0.2, 0.25) is 0 Å². The number of rotatable bonds is 4. The average Bonchev–Trinajstić information content (AvgIpc) is 2.47. The predicted octanol–water partition coefficient (Wildman–Crippen LogP) is 1.67. The van der Waals surface area contributed by atoms with Crippen LogP contribution in [0.5, 0.6) is 5.75 Å². The Balaban J connectivity index is 2.66. The van der Waals surface area contributed by atoms with Crippen LogP contribution in [-0.4, -0.2) is 26.9 Å². The van der Waals surface area contributed by atoms with E-state index in [0.29, 0.717) is 11.1 Å². The van der Waals surface area contributed by atoms with Crippen LogP contribution in [0.3, 0.4) is 0 Å². The number of phenols is 1. The maximum Gasteiger partial charge on any atom is 0.313 e. The second-order valence-corrected chi connectivity index (χ2v) is 5.27. The van der Waals surface area contributed by atoms with Gasteiger partial charge in [-0.25, -0.2) is 4.98 Å². The Morgan fingerprint density at radius 1 is 1.41 bits per heavy atom. The van der Waals surface area contributed by atoms with Gasteiger partial charge in [-0.15, -0.1) is 0 Å². The zero-order valence-electron chi connectivity index (χ0n) is 11.3. The third-order valence-corrected chi connectivity index (χ3v) is 3.77. The second kappa shape index (κ2) is 6.24. The van der Waals surface area contributed by atoms with Gasteiger partial charge in [0.1, 0.15) is 22.7 Å². The van der Waals surface area contributed by atoms with Crippen molar-refractivity contribution < 1.29 is 15.0 Å². The third kappa shape index (κ3) is 3.05. The smallest absolute Gasteiger partial charge is 0.313 e. The number of nitrogens with two attached hydrogens (primary N) is 2. The Labute approximate surface area is 130 Å². The fourth-order valence-electron chi connectivity index (χ4n) is 1.89. The van der Waals surface area contributed by atoms with Gasteiger partial charge >= 0.3 is 5.97 Å². The molecule has 2 rings (SSSR count). The van der Waals surface area contributed by atoms with E-state index in [9.17, 15) is 15.2 Å². The number of thioether (sulfide) groups is 1. The summed E-state index contributed by atoms with van der Waals surface area (Å²) < 4.78 is 0. The molecule has 8 heteroatoms. The van der Waals surface area contributed by atoms with Gasteiger partial charge in [-0.05, 0) is 17.7 Å². The molecule has 112 valence electrons. The van der Waals surface area contributed by atoms with Crippen LogP contribution in [-0.2, 0) is 4.79 Å². The number of carboxylic acids is 1. The number of carbonyl (C=O) groups is 1. The van der Waals surface area contributed by atoms with Gasteiger partial charge in [-0.3, -0.25) is 4.79 Å². The normalized spacial score (nSPS) is 10.1. The first-order valence-corrected chi connectivity index (χ1v) is 7.05. The van der Waals surface area contributed by atoms with E-state index in [0.717, 1.165) is 11.8 Å². The van der Waals surface area contributed by atoms with Crippen molar-refractivity contribution in [1.82, 2.24) is 4.98 Å². The molecule has 0 amide bonds. The van der Waals surface area contributed by atoms with Crippen LogP contribution in [0.2, 0.25) is 0 Å². The summed E-state index contributed by atoms with van der Waals surface area (Å²) in [5.41, 5.74) is 12.8. The summed E-state index contributed by atoms with van der Waals surface area (Å²) in [7, 11) is 0. The highest BCUT2D eigenvalue weighted by Crippen LogP contribution is 2.38. The SMILES string of the molecule is N#Cc1c(SCC(=O)O)nc(N)c(N)c1-c1cccc(O)c1. The topological polar surface area (TPSA) is 146 Å². The molecule has 0 aliphatic heterocycles. The number of carboxylic acid groups (broad SMARTS) is 1. The van der Waals surface area contributed by atoms with Gasteiger partial charge in [-0.1, -0.05) is 23.9 Å². The maximum absolute atomic E-state index is 10.7. The van der Waals surface area contributed by atoms with Gasteiger partial charge in [0.15, 0.2) is 0 Å². The summed E-state index contributed by atoms with van der Waals surface area (Å²) in [6.45, 7) is 0. The van der Waals surface area contributed by atoms with E-state index in [-0.39, 0.29) is 33.6 Å². The minimum absolute atomic E-state index is 0.00484. The number of hydrogen-bond donors (Lipinski definition) is 4. The summed E-state index contributed by atoms with van der Waals surface area (Å²) in [6.07, 6.45) is 0. The van der Waals surface area contributed by atoms with Crippen molar-refractivity contribution in [3.8, 4) is 22.9 Å². The molecule has 6 N–H and O–H groups in total. The van der Waals surface area contributed by atoms with E-state index >= 15 is 0 Å². The third-order valence-electron chi connectivity index (χ3n) is 2.81. The number of anilines is 2. The van der Waals surface area contributed by atoms with E-state index in [1.807, 2.05) is 6.07 Å². The van der Waals surface area contributed by atoms with Crippen LogP contribution < -0.4 is 11.5 Å². The molecule has 1 heterocycles. The van der Waals surface area contributed by atoms with Crippen molar-refractivity contribution in [1.29, 1.82) is 5.26 Å². The molecule has 0 aliphatic carbocycles. The number of aromatic hydroxyl groups is 1. The summed E-state index contributed by atoms with van der Waals surface area (Å²) in [5.74, 6) is -1.28. The molecule has 0 spiro atoms. The van der Waals surface area contributed by atoms with E-state index < -0.39 is 5.97 Å². The largest absolute Gasteiger partial charge is 0.508 e. The van der Waals surface area contributed by atoms with E-state index in [4.69, 9.17) is 16.6 Å². The highest BCUT2D eigenvalue weighted by Gasteiger charge is 2.19. The number of hydrogen-bond acceptors (Lipinski definition) is 7. The Morgan fingerprint density at radius 3 is 2.73 bits per heavy atom. The lowest BCUT2D eigenvalue weighted by molar-refractivity contribution is -0.133. The van der Waals surface area contributed by atoms with Gasteiger partial charge in [0.05, 0.1) is 17.0 Å². The standard InChI is InChI=1S/C14H12N4O3S/c15-5-9-11(7-2-1-3-8(19)4-7)12(16)13(17)18-14(9)22-6-10(20)21/h1-4,19H,6,16H2,(H2,17,18)(H,20,21). The van der Waals surface area contributed by atoms with Gasteiger partial charge in [0, 0.05) is 5.56 Å². The predicted molar refractivity (Wildman–Crippen MR) is 83.2 cm³/mol. The fraction of sp³-hybridized carbons (Fsp3) is 0.0714. The van der Waals surface area contributed by atoms with Crippen LogP contribution in [0.25, 0.3) is 11.1 Å². The van der Waals surface area contributed by atoms with Crippen molar-refractivity contribution in [2.24, 2.45) is 0 Å². The molecule has 1 aromatic heterocycles. The Hall–Kier alpha value is -2.92. The summed E-state index contributed by atoms with van der Waals surface area (Å²) >= 11 is 0.884. The first-order chi connectivity index (χ1) is 10.4. The van der Waals surface area contributed by atoms with Crippen molar-refractivity contribution >= 4 is 29.2 Å². The maximum atomic E-state index is 10.7. The average molecular weight is 316 g/mol. The second-order valence-electron chi connectivity index (χ2n) is 4.31. The van der Waals surface area contributed by atoms with Crippen molar-refractivity contribution in [2.45, 2.75) is 5.03 Å². The quantitative estimate of drug-likeness (QED) is 0.623. The highest BCUT2D eigenvalue weighted by atomic mass is 32.2. The number of pyridine rings is 1. The number of aliphatic carboxylic acids is 1. The molecular weight excluding hydrogens is 304 g/mol. The van der Waals surface area contributed by atoms with Crippen LogP contribution in [0.15, 0.2) is 29.3 Å². The van der Waals surface area contributed by atoms with Crippen LogP contribution in [0, 0.1) is 11.3 Å². The first kappa shape index (κ1) is 15.5. The van der Waals surface area contributed by atoms with E-state index in [2.05, 4.69) is 4.98 Å². The number of aromatic nitrogens is 1. The van der Waals surface area contributed by atoms with E-state index in [1.54, 1.807) is 12.1 Å². The van der Waals surface area contributed by atoms with Crippen LogP contribution in [0.1, 0.15) is 5.56 Å². The molecule has 0 unspecified atom stereocenters. The van der Waals surface area contributed by atoms with Crippen LogP contribution >= 0.6 is 11.8 Å². The van der Waals surface area contributed by atoms with Crippen molar-refractivity contribution in [3.05, 3.63) is 29.8 Å². The Bertz CT molecular complexity index is 786. The number of nitrogens with zero attached hydrogens (tertiary/aromatic N) is 2. The number of phenolic OH excluding ortho intramolecular Hbond substituents is 1. The van der Waals surface area contributed by atoms with Crippen molar-refractivity contribution in [3.63, 3.8) is 0 Å². The molecular formula is C14H12N4O3S. The molecule has 0 bridgehead atoms. The van der Waals surface area contributed by atoms with Crippen LogP contribution in [0.4, 0.5) is 11.5 Å². The molecule has 0 fully saturated rings. The van der Waals surface area contributed by atoms with Gasteiger partial charge in [-0.2, -0.15) is 5.26 Å². The Morgan fingerprint density at radius 2 is 2.14 bits per heavy atom. The fourth-order valence-corrected chi connectivity index (χ4v) is 2.61. The minimum Gasteiger partial charge on any atom is -0.508 e. The monoisotopic (exact) mass is 316 g/mol.